The lowest BCUT2D eigenvalue weighted by molar-refractivity contribution is 0.859. The number of hydrogen-bond acceptors (Lipinski definition) is 5. The molecule has 5 heteroatoms. The molecule has 1 heterocycles. The molecule has 0 aliphatic rings. The van der Waals surface area contributed by atoms with Crippen molar-refractivity contribution in [2.24, 2.45) is 0 Å². The zero-order valence-electron chi connectivity index (χ0n) is 9.96. The topological polar surface area (TPSA) is 87.6 Å². The average Bonchev–Trinajstić information content (AvgIpc) is 2.39. The van der Waals surface area contributed by atoms with Crippen molar-refractivity contribution in [3.8, 4) is 6.07 Å². The molecule has 0 saturated heterocycles. The normalized spacial score (nSPS) is 11.6. The zero-order valence-corrected chi connectivity index (χ0v) is 9.96. The number of benzene rings is 1. The van der Waals surface area contributed by atoms with Crippen molar-refractivity contribution in [1.82, 2.24) is 9.97 Å². The number of anilines is 2. The molecule has 5 nitrogen and oxygen atoms in total. The molecule has 3 N–H and O–H groups in total. The van der Waals surface area contributed by atoms with Crippen molar-refractivity contribution < 1.29 is 0 Å². The van der Waals surface area contributed by atoms with E-state index in [9.17, 15) is 0 Å². The van der Waals surface area contributed by atoms with Crippen LogP contribution >= 0.6 is 0 Å². The van der Waals surface area contributed by atoms with Crippen molar-refractivity contribution in [3.63, 3.8) is 0 Å². The van der Waals surface area contributed by atoms with Gasteiger partial charge >= 0.3 is 0 Å². The van der Waals surface area contributed by atoms with E-state index in [1.807, 2.05) is 37.3 Å². The second-order valence-corrected chi connectivity index (χ2v) is 3.91. The van der Waals surface area contributed by atoms with E-state index >= 15 is 0 Å². The van der Waals surface area contributed by atoms with Gasteiger partial charge in [-0.05, 0) is 30.7 Å². The molecule has 0 amide bonds. The van der Waals surface area contributed by atoms with Gasteiger partial charge < -0.3 is 11.1 Å². The second-order valence-electron chi connectivity index (χ2n) is 3.91. The van der Waals surface area contributed by atoms with Gasteiger partial charge in [0, 0.05) is 11.9 Å². The molecule has 0 aliphatic carbocycles. The molecule has 0 aliphatic heterocycles. The predicted molar refractivity (Wildman–Crippen MR) is 69.6 cm³/mol. The van der Waals surface area contributed by atoms with Crippen LogP contribution in [-0.2, 0) is 0 Å². The van der Waals surface area contributed by atoms with Crippen LogP contribution in [0.5, 0.6) is 0 Å². The highest BCUT2D eigenvalue weighted by Gasteiger charge is 2.07. The van der Waals surface area contributed by atoms with E-state index in [1.54, 1.807) is 12.3 Å². The van der Waals surface area contributed by atoms with Gasteiger partial charge in [-0.2, -0.15) is 5.26 Å². The molecular formula is C13H13N5. The Morgan fingerprint density at radius 3 is 2.94 bits per heavy atom. The second kappa shape index (κ2) is 5.15. The maximum Gasteiger partial charge on any atom is 0.224 e. The molecule has 90 valence electrons. The third-order valence-corrected chi connectivity index (χ3v) is 2.53. The average molecular weight is 239 g/mol. The van der Waals surface area contributed by atoms with Crippen molar-refractivity contribution >= 4 is 11.6 Å². The summed E-state index contributed by atoms with van der Waals surface area (Å²) in [6.07, 6.45) is 1.56. The van der Waals surface area contributed by atoms with E-state index in [2.05, 4.69) is 15.3 Å². The Labute approximate surface area is 105 Å². The molecule has 0 bridgehead atoms. The maximum atomic E-state index is 8.77. The molecule has 0 spiro atoms. The molecule has 0 radical (unpaired) electrons. The standard InChI is InChI=1S/C13H13N5/c1-9(10-3-2-4-11(15)7-10)17-13-16-6-5-12(8-14)18-13/h2-7,9H,15H2,1H3,(H,16,17,18). The Morgan fingerprint density at radius 2 is 2.22 bits per heavy atom. The van der Waals surface area contributed by atoms with Gasteiger partial charge in [0.1, 0.15) is 11.8 Å². The van der Waals surface area contributed by atoms with Gasteiger partial charge in [0.15, 0.2) is 0 Å². The number of nitrogens with zero attached hydrogens (tertiary/aromatic N) is 3. The molecule has 2 aromatic rings. The number of nitriles is 1. The van der Waals surface area contributed by atoms with Crippen molar-refractivity contribution in [1.29, 1.82) is 5.26 Å². The minimum Gasteiger partial charge on any atom is -0.399 e. The number of hydrogen-bond donors (Lipinski definition) is 2. The molecule has 2 rings (SSSR count). The van der Waals surface area contributed by atoms with Crippen LogP contribution in [-0.4, -0.2) is 9.97 Å². The summed E-state index contributed by atoms with van der Waals surface area (Å²) in [5.74, 6) is 0.434. The van der Waals surface area contributed by atoms with Gasteiger partial charge in [-0.25, -0.2) is 9.97 Å². The lowest BCUT2D eigenvalue weighted by atomic mass is 10.1. The summed E-state index contributed by atoms with van der Waals surface area (Å²) >= 11 is 0. The van der Waals surface area contributed by atoms with Crippen LogP contribution in [0.15, 0.2) is 36.5 Å². The van der Waals surface area contributed by atoms with E-state index in [0.717, 1.165) is 5.56 Å². The summed E-state index contributed by atoms with van der Waals surface area (Å²) < 4.78 is 0. The van der Waals surface area contributed by atoms with Gasteiger partial charge in [0.2, 0.25) is 5.95 Å². The molecule has 1 unspecified atom stereocenters. The van der Waals surface area contributed by atoms with Crippen LogP contribution in [0, 0.1) is 11.3 Å². The zero-order chi connectivity index (χ0) is 13.0. The van der Waals surface area contributed by atoms with Crippen LogP contribution in [0.4, 0.5) is 11.6 Å². The predicted octanol–water partition coefficient (Wildman–Crippen LogP) is 2.10. The van der Waals surface area contributed by atoms with Crippen LogP contribution in [0.1, 0.15) is 24.2 Å². The lowest BCUT2D eigenvalue weighted by Gasteiger charge is -2.14. The third kappa shape index (κ3) is 2.74. The summed E-state index contributed by atoms with van der Waals surface area (Å²) in [5.41, 5.74) is 7.83. The fourth-order valence-electron chi connectivity index (χ4n) is 1.60. The van der Waals surface area contributed by atoms with Gasteiger partial charge in [-0.15, -0.1) is 0 Å². The van der Waals surface area contributed by atoms with E-state index in [4.69, 9.17) is 11.0 Å². The number of nitrogens with two attached hydrogens (primary N) is 1. The summed E-state index contributed by atoms with van der Waals surface area (Å²) in [5, 5.41) is 11.9. The van der Waals surface area contributed by atoms with Gasteiger partial charge in [-0.3, -0.25) is 0 Å². The minimum atomic E-state index is 0.0162. The van der Waals surface area contributed by atoms with Crippen molar-refractivity contribution in [3.05, 3.63) is 47.8 Å². The summed E-state index contributed by atoms with van der Waals surface area (Å²) in [7, 11) is 0. The Kier molecular flexibility index (Phi) is 3.39. The van der Waals surface area contributed by atoms with Crippen molar-refractivity contribution in [2.75, 3.05) is 11.1 Å². The SMILES string of the molecule is CC(Nc1nccc(C#N)n1)c1cccc(N)c1. The first kappa shape index (κ1) is 11.9. The molecule has 1 aromatic heterocycles. The molecule has 0 fully saturated rings. The first-order chi connectivity index (χ1) is 8.69. The molecule has 1 atom stereocenters. The largest absolute Gasteiger partial charge is 0.399 e. The quantitative estimate of drug-likeness (QED) is 0.801. The molecule has 1 aromatic carbocycles. The first-order valence-electron chi connectivity index (χ1n) is 5.54. The van der Waals surface area contributed by atoms with Crippen LogP contribution in [0.3, 0.4) is 0 Å². The van der Waals surface area contributed by atoms with E-state index in [1.165, 1.54) is 0 Å². The summed E-state index contributed by atoms with van der Waals surface area (Å²) in [6, 6.07) is 11.2. The number of nitrogens with one attached hydrogen (secondary N) is 1. The van der Waals surface area contributed by atoms with E-state index in [0.29, 0.717) is 17.3 Å². The van der Waals surface area contributed by atoms with Gasteiger partial charge in [-0.1, -0.05) is 12.1 Å². The Hall–Kier alpha value is -2.61. The number of aromatic nitrogens is 2. The minimum absolute atomic E-state index is 0.0162. The highest BCUT2D eigenvalue weighted by atomic mass is 15.1. The Bertz CT molecular complexity index is 588. The van der Waals surface area contributed by atoms with E-state index < -0.39 is 0 Å². The summed E-state index contributed by atoms with van der Waals surface area (Å²) in [6.45, 7) is 1.98. The summed E-state index contributed by atoms with van der Waals surface area (Å²) in [4.78, 5) is 8.14. The molecular weight excluding hydrogens is 226 g/mol. The fourth-order valence-corrected chi connectivity index (χ4v) is 1.60. The highest BCUT2D eigenvalue weighted by Crippen LogP contribution is 2.18. The van der Waals surface area contributed by atoms with Gasteiger partial charge in [0.05, 0.1) is 6.04 Å². The third-order valence-electron chi connectivity index (χ3n) is 2.53. The highest BCUT2D eigenvalue weighted by molar-refractivity contribution is 5.43. The fraction of sp³-hybridized carbons (Fsp3) is 0.154. The number of rotatable bonds is 3. The maximum absolute atomic E-state index is 8.77. The smallest absolute Gasteiger partial charge is 0.224 e. The molecule has 18 heavy (non-hydrogen) atoms. The Morgan fingerprint density at radius 1 is 1.39 bits per heavy atom. The monoisotopic (exact) mass is 239 g/mol. The van der Waals surface area contributed by atoms with Crippen LogP contribution < -0.4 is 11.1 Å². The van der Waals surface area contributed by atoms with E-state index in [-0.39, 0.29) is 6.04 Å². The van der Waals surface area contributed by atoms with Crippen molar-refractivity contribution in [2.45, 2.75) is 13.0 Å². The van der Waals surface area contributed by atoms with Crippen LogP contribution in [0.2, 0.25) is 0 Å². The Balaban J connectivity index is 2.16. The molecule has 0 saturated carbocycles. The first-order valence-corrected chi connectivity index (χ1v) is 5.54. The lowest BCUT2D eigenvalue weighted by Crippen LogP contribution is -2.10. The van der Waals surface area contributed by atoms with Gasteiger partial charge in [0.25, 0.3) is 0 Å². The number of nitrogen functional groups attached to an aromatic ring is 1. The van der Waals surface area contributed by atoms with Crippen LogP contribution in [0.25, 0.3) is 0 Å².